The summed E-state index contributed by atoms with van der Waals surface area (Å²) in [7, 11) is 0. The molecule has 1 aromatic carbocycles. The predicted octanol–water partition coefficient (Wildman–Crippen LogP) is 3.10. The Kier molecular flexibility index (Phi) is 2.92. The number of hydrogen-bond acceptors (Lipinski definition) is 2. The smallest absolute Gasteiger partial charge is 0.181 e. The van der Waals surface area contributed by atoms with Crippen molar-refractivity contribution in [2.45, 2.75) is 0 Å². The minimum atomic E-state index is 0.759. The van der Waals surface area contributed by atoms with Crippen LogP contribution in [0.4, 0.5) is 5.69 Å². The van der Waals surface area contributed by atoms with Crippen molar-refractivity contribution in [3.8, 4) is 6.19 Å². The molecule has 0 heterocycles. The van der Waals surface area contributed by atoms with Crippen molar-refractivity contribution in [2.24, 2.45) is 0 Å². The molecule has 0 amide bonds. The summed E-state index contributed by atoms with van der Waals surface area (Å²) >= 11 is 6.61. The Bertz CT molecular complexity index is 284. The average molecular weight is 276 g/mol. The van der Waals surface area contributed by atoms with E-state index in [1.807, 2.05) is 24.4 Å². The molecule has 56 valence electrons. The van der Waals surface area contributed by atoms with Gasteiger partial charge in [-0.15, -0.1) is 0 Å². The summed E-state index contributed by atoms with van der Waals surface area (Å²) in [6.45, 7) is 0. The van der Waals surface area contributed by atoms with Crippen molar-refractivity contribution in [3.05, 3.63) is 27.1 Å². The zero-order valence-electron chi connectivity index (χ0n) is 5.44. The Morgan fingerprint density at radius 3 is 2.27 bits per heavy atom. The SMILES string of the molecule is N#CNc1c(Br)cccc1Br. The minimum Gasteiger partial charge on any atom is -0.291 e. The van der Waals surface area contributed by atoms with Crippen molar-refractivity contribution in [2.75, 3.05) is 5.32 Å². The van der Waals surface area contributed by atoms with E-state index in [9.17, 15) is 0 Å². The maximum absolute atomic E-state index is 8.37. The van der Waals surface area contributed by atoms with Gasteiger partial charge in [0.15, 0.2) is 6.19 Å². The van der Waals surface area contributed by atoms with Crippen LogP contribution in [0.3, 0.4) is 0 Å². The van der Waals surface area contributed by atoms with Crippen LogP contribution in [0.5, 0.6) is 0 Å². The van der Waals surface area contributed by atoms with Crippen LogP contribution in [0.2, 0.25) is 0 Å². The molecule has 0 aliphatic heterocycles. The van der Waals surface area contributed by atoms with Gasteiger partial charge in [0, 0.05) is 8.95 Å². The molecule has 1 rings (SSSR count). The van der Waals surface area contributed by atoms with Crippen LogP contribution in [0, 0.1) is 11.5 Å². The van der Waals surface area contributed by atoms with Crippen LogP contribution >= 0.6 is 31.9 Å². The van der Waals surface area contributed by atoms with E-state index < -0.39 is 0 Å². The van der Waals surface area contributed by atoms with E-state index in [0.29, 0.717) is 0 Å². The fourth-order valence-electron chi connectivity index (χ4n) is 0.673. The van der Waals surface area contributed by atoms with E-state index in [2.05, 4.69) is 37.2 Å². The fraction of sp³-hybridized carbons (Fsp3) is 0. The topological polar surface area (TPSA) is 35.8 Å². The van der Waals surface area contributed by atoms with E-state index in [-0.39, 0.29) is 0 Å². The van der Waals surface area contributed by atoms with Crippen LogP contribution in [-0.2, 0) is 0 Å². The number of nitriles is 1. The first-order valence-electron chi connectivity index (χ1n) is 2.85. The third-order valence-electron chi connectivity index (χ3n) is 1.14. The van der Waals surface area contributed by atoms with E-state index in [0.717, 1.165) is 14.6 Å². The molecule has 0 aliphatic carbocycles. The maximum atomic E-state index is 8.37. The third-order valence-corrected chi connectivity index (χ3v) is 2.47. The highest BCUT2D eigenvalue weighted by atomic mass is 79.9. The molecule has 0 spiro atoms. The second-order valence-corrected chi connectivity index (χ2v) is 3.54. The molecule has 0 saturated carbocycles. The Hall–Kier alpha value is -0.530. The summed E-state index contributed by atoms with van der Waals surface area (Å²) in [5, 5.41) is 10.9. The first kappa shape index (κ1) is 8.57. The lowest BCUT2D eigenvalue weighted by Crippen LogP contribution is -1.89. The number of halogens is 2. The van der Waals surface area contributed by atoms with E-state index in [1.54, 1.807) is 0 Å². The second-order valence-electron chi connectivity index (χ2n) is 1.83. The monoisotopic (exact) mass is 274 g/mol. The quantitative estimate of drug-likeness (QED) is 0.632. The highest BCUT2D eigenvalue weighted by Crippen LogP contribution is 2.29. The van der Waals surface area contributed by atoms with Gasteiger partial charge in [-0.25, -0.2) is 0 Å². The van der Waals surface area contributed by atoms with Gasteiger partial charge in [-0.05, 0) is 44.0 Å². The van der Waals surface area contributed by atoms with Gasteiger partial charge in [0.25, 0.3) is 0 Å². The molecule has 0 aliphatic rings. The van der Waals surface area contributed by atoms with Gasteiger partial charge in [-0.2, -0.15) is 5.26 Å². The van der Waals surface area contributed by atoms with Gasteiger partial charge >= 0.3 is 0 Å². The fourth-order valence-corrected chi connectivity index (χ4v) is 1.87. The zero-order valence-corrected chi connectivity index (χ0v) is 8.61. The first-order chi connectivity index (χ1) is 5.25. The number of para-hydroxylation sites is 1. The Balaban J connectivity index is 3.12. The Morgan fingerprint density at radius 1 is 1.27 bits per heavy atom. The summed E-state index contributed by atoms with van der Waals surface area (Å²) in [5.74, 6) is 0. The molecule has 0 atom stereocenters. The normalized spacial score (nSPS) is 8.82. The number of nitrogens with zero attached hydrogens (tertiary/aromatic N) is 1. The molecule has 0 fully saturated rings. The van der Waals surface area contributed by atoms with Crippen LogP contribution in [-0.4, -0.2) is 0 Å². The van der Waals surface area contributed by atoms with E-state index >= 15 is 0 Å². The molecule has 0 unspecified atom stereocenters. The average Bonchev–Trinajstić information content (AvgIpc) is 1.97. The van der Waals surface area contributed by atoms with Crippen LogP contribution in [0.25, 0.3) is 0 Å². The van der Waals surface area contributed by atoms with Crippen molar-refractivity contribution < 1.29 is 0 Å². The lowest BCUT2D eigenvalue weighted by molar-refractivity contribution is 1.45. The Morgan fingerprint density at radius 2 is 1.82 bits per heavy atom. The third kappa shape index (κ3) is 1.95. The molecular weight excluding hydrogens is 272 g/mol. The van der Waals surface area contributed by atoms with Gasteiger partial charge < -0.3 is 0 Å². The largest absolute Gasteiger partial charge is 0.291 e. The number of nitrogens with one attached hydrogen (secondary N) is 1. The predicted molar refractivity (Wildman–Crippen MR) is 51.1 cm³/mol. The molecule has 2 nitrogen and oxygen atoms in total. The van der Waals surface area contributed by atoms with E-state index in [1.165, 1.54) is 0 Å². The Labute approximate surface area is 81.5 Å². The van der Waals surface area contributed by atoms with Crippen LogP contribution in [0.15, 0.2) is 27.1 Å². The van der Waals surface area contributed by atoms with Crippen molar-refractivity contribution in [1.82, 2.24) is 0 Å². The molecule has 4 heteroatoms. The van der Waals surface area contributed by atoms with Crippen LogP contribution < -0.4 is 5.32 Å². The van der Waals surface area contributed by atoms with Crippen molar-refractivity contribution in [3.63, 3.8) is 0 Å². The number of hydrogen-bond donors (Lipinski definition) is 1. The number of anilines is 1. The minimum absolute atomic E-state index is 0.759. The summed E-state index contributed by atoms with van der Waals surface area (Å²) in [6, 6.07) is 5.62. The molecule has 1 aromatic rings. The molecule has 0 saturated heterocycles. The van der Waals surface area contributed by atoms with E-state index in [4.69, 9.17) is 5.26 Å². The summed E-state index contributed by atoms with van der Waals surface area (Å²) in [5.41, 5.74) is 0.759. The maximum Gasteiger partial charge on any atom is 0.181 e. The van der Waals surface area contributed by atoms with Crippen LogP contribution in [0.1, 0.15) is 0 Å². The molecule has 0 bridgehead atoms. The number of rotatable bonds is 1. The van der Waals surface area contributed by atoms with Gasteiger partial charge in [-0.1, -0.05) is 6.07 Å². The second kappa shape index (κ2) is 3.74. The van der Waals surface area contributed by atoms with Crippen molar-refractivity contribution in [1.29, 1.82) is 5.26 Å². The summed E-state index contributed by atoms with van der Waals surface area (Å²) in [6.07, 6.45) is 1.86. The molecule has 1 N–H and O–H groups in total. The zero-order chi connectivity index (χ0) is 8.27. The first-order valence-corrected chi connectivity index (χ1v) is 4.43. The number of benzene rings is 1. The summed E-state index contributed by atoms with van der Waals surface area (Å²) < 4.78 is 1.74. The summed E-state index contributed by atoms with van der Waals surface area (Å²) in [4.78, 5) is 0. The lowest BCUT2D eigenvalue weighted by atomic mass is 10.3. The molecule has 11 heavy (non-hydrogen) atoms. The highest BCUT2D eigenvalue weighted by Gasteiger charge is 2.01. The molecule has 0 aromatic heterocycles. The van der Waals surface area contributed by atoms with Gasteiger partial charge in [-0.3, -0.25) is 5.32 Å². The van der Waals surface area contributed by atoms with Gasteiger partial charge in [0.05, 0.1) is 5.69 Å². The molecular formula is C7H4Br2N2. The van der Waals surface area contributed by atoms with Gasteiger partial charge in [0.1, 0.15) is 0 Å². The standard InChI is InChI=1S/C7H4Br2N2/c8-5-2-1-3-6(9)7(5)11-4-10/h1-3,11H. The highest BCUT2D eigenvalue weighted by molar-refractivity contribution is 9.11. The lowest BCUT2D eigenvalue weighted by Gasteiger charge is -2.02. The van der Waals surface area contributed by atoms with Gasteiger partial charge in [0.2, 0.25) is 0 Å². The van der Waals surface area contributed by atoms with Crippen molar-refractivity contribution >= 4 is 37.5 Å². The molecule has 0 radical (unpaired) electrons.